The SMILES string of the molecule is C=CC(=O)Nc1cc(Nc2ncc(-c3cnn(C)c3)c(-c3cn(C4CC4)c4ccccc34)n2)c(OC)cc1N1C[C@@H]2CCN(C)[C@@H]2C1. The Kier molecular flexibility index (Phi) is 7.20. The number of nitrogens with zero attached hydrogens (tertiary/aromatic N) is 7. The van der Waals surface area contributed by atoms with Gasteiger partial charge in [-0.1, -0.05) is 24.8 Å². The average molecular weight is 630 g/mol. The number of aryl methyl sites for hydroxylation is 1. The number of hydrogen-bond donors (Lipinski definition) is 2. The van der Waals surface area contributed by atoms with E-state index in [4.69, 9.17) is 14.7 Å². The molecule has 47 heavy (non-hydrogen) atoms. The van der Waals surface area contributed by atoms with E-state index in [9.17, 15) is 4.79 Å². The van der Waals surface area contributed by atoms with Gasteiger partial charge in [0.2, 0.25) is 11.9 Å². The van der Waals surface area contributed by atoms with Gasteiger partial charge in [-0.3, -0.25) is 9.48 Å². The number of rotatable bonds is 9. The highest BCUT2D eigenvalue weighted by atomic mass is 16.5. The van der Waals surface area contributed by atoms with Gasteiger partial charge in [-0.05, 0) is 57.0 Å². The molecule has 2 aliphatic heterocycles. The molecule has 2 atom stereocenters. The van der Waals surface area contributed by atoms with E-state index in [0.29, 0.717) is 41.1 Å². The maximum atomic E-state index is 12.6. The van der Waals surface area contributed by atoms with Crippen molar-refractivity contribution in [2.24, 2.45) is 13.0 Å². The molecule has 0 radical (unpaired) electrons. The Morgan fingerprint density at radius 1 is 1.04 bits per heavy atom. The Bertz CT molecular complexity index is 2010. The van der Waals surface area contributed by atoms with Crippen molar-refractivity contribution in [1.82, 2.24) is 29.2 Å². The van der Waals surface area contributed by atoms with Crippen LogP contribution in [0.3, 0.4) is 0 Å². The van der Waals surface area contributed by atoms with E-state index in [1.807, 2.05) is 37.8 Å². The molecule has 2 aromatic carbocycles. The van der Waals surface area contributed by atoms with Crippen molar-refractivity contribution in [2.75, 3.05) is 49.3 Å². The summed E-state index contributed by atoms with van der Waals surface area (Å²) in [5.41, 5.74) is 7.15. The van der Waals surface area contributed by atoms with Crippen molar-refractivity contribution in [3.8, 4) is 28.1 Å². The van der Waals surface area contributed by atoms with Gasteiger partial charge in [0.25, 0.3) is 0 Å². The summed E-state index contributed by atoms with van der Waals surface area (Å²) in [6.45, 7) is 6.62. The molecule has 11 nitrogen and oxygen atoms in total. The van der Waals surface area contributed by atoms with Crippen molar-refractivity contribution in [3.63, 3.8) is 0 Å². The summed E-state index contributed by atoms with van der Waals surface area (Å²) >= 11 is 0. The number of anilines is 4. The molecule has 2 N–H and O–H groups in total. The number of methoxy groups -OCH3 is 1. The number of carbonyl (C=O) groups is 1. The minimum Gasteiger partial charge on any atom is -0.494 e. The van der Waals surface area contributed by atoms with Gasteiger partial charge < -0.3 is 29.7 Å². The van der Waals surface area contributed by atoms with Crippen molar-refractivity contribution >= 4 is 39.8 Å². The molecule has 3 aliphatic rings. The second-order valence-corrected chi connectivity index (χ2v) is 12.9. The molecule has 11 heteroatoms. The molecule has 1 amide bonds. The third-order valence-electron chi connectivity index (χ3n) is 9.91. The van der Waals surface area contributed by atoms with Crippen LogP contribution in [0, 0.1) is 5.92 Å². The summed E-state index contributed by atoms with van der Waals surface area (Å²) in [6, 6.07) is 13.4. The van der Waals surface area contributed by atoms with Crippen molar-refractivity contribution < 1.29 is 9.53 Å². The van der Waals surface area contributed by atoms with E-state index in [1.165, 1.54) is 30.9 Å². The Morgan fingerprint density at radius 2 is 1.89 bits per heavy atom. The number of para-hydroxylation sites is 1. The largest absolute Gasteiger partial charge is 0.494 e. The number of benzene rings is 2. The molecule has 5 aromatic rings. The minimum atomic E-state index is -0.273. The first kappa shape index (κ1) is 29.3. The number of ether oxygens (including phenoxy) is 1. The van der Waals surface area contributed by atoms with Crippen molar-refractivity contribution in [3.05, 3.63) is 73.8 Å². The number of nitrogens with one attached hydrogen (secondary N) is 2. The van der Waals surface area contributed by atoms with E-state index in [0.717, 1.165) is 53.1 Å². The maximum absolute atomic E-state index is 12.6. The van der Waals surface area contributed by atoms with E-state index in [2.05, 4.69) is 74.2 Å². The van der Waals surface area contributed by atoms with Crippen LogP contribution in [-0.2, 0) is 11.8 Å². The zero-order valence-electron chi connectivity index (χ0n) is 27.0. The monoisotopic (exact) mass is 629 g/mol. The van der Waals surface area contributed by atoms with Crippen LogP contribution < -0.4 is 20.3 Å². The molecule has 0 bridgehead atoms. The number of carbonyl (C=O) groups excluding carboxylic acids is 1. The molecular formula is C36H39N9O2. The molecule has 5 heterocycles. The predicted molar refractivity (Wildman–Crippen MR) is 185 cm³/mol. The number of aromatic nitrogens is 5. The molecule has 1 saturated carbocycles. The topological polar surface area (TPSA) is 105 Å². The Hall–Kier alpha value is -5.16. The summed E-state index contributed by atoms with van der Waals surface area (Å²) in [6.07, 6.45) is 12.7. The highest BCUT2D eigenvalue weighted by molar-refractivity contribution is 6.02. The fraction of sp³-hybridized carbons (Fsp3) is 0.333. The summed E-state index contributed by atoms with van der Waals surface area (Å²) < 4.78 is 10.1. The van der Waals surface area contributed by atoms with E-state index in [-0.39, 0.29) is 5.91 Å². The van der Waals surface area contributed by atoms with E-state index < -0.39 is 0 Å². The van der Waals surface area contributed by atoms with E-state index >= 15 is 0 Å². The third kappa shape index (κ3) is 5.30. The number of likely N-dealkylation sites (tertiary alicyclic amines) is 1. The number of fused-ring (bicyclic) bond motifs is 2. The lowest BCUT2D eigenvalue weighted by Crippen LogP contribution is -2.32. The van der Waals surface area contributed by atoms with Gasteiger partial charge in [-0.15, -0.1) is 0 Å². The Labute approximate surface area is 273 Å². The van der Waals surface area contributed by atoms with E-state index in [1.54, 1.807) is 11.8 Å². The second-order valence-electron chi connectivity index (χ2n) is 12.9. The molecule has 8 rings (SSSR count). The van der Waals surface area contributed by atoms with Crippen LogP contribution in [0.5, 0.6) is 5.75 Å². The Balaban J connectivity index is 1.21. The highest BCUT2D eigenvalue weighted by Gasteiger charge is 2.40. The lowest BCUT2D eigenvalue weighted by molar-refractivity contribution is -0.111. The Morgan fingerprint density at radius 3 is 2.64 bits per heavy atom. The normalized spacial score (nSPS) is 19.3. The molecule has 1 aliphatic carbocycles. The van der Waals surface area contributed by atoms with Crippen molar-refractivity contribution in [2.45, 2.75) is 31.3 Å². The lowest BCUT2D eigenvalue weighted by atomic mass is 10.0. The molecular weight excluding hydrogens is 590 g/mol. The molecule has 3 fully saturated rings. The summed E-state index contributed by atoms with van der Waals surface area (Å²) in [5.74, 6) is 1.38. The summed E-state index contributed by atoms with van der Waals surface area (Å²) in [4.78, 5) is 27.3. The van der Waals surface area contributed by atoms with Crippen LogP contribution in [0.25, 0.3) is 33.3 Å². The van der Waals surface area contributed by atoms with Gasteiger partial charge >= 0.3 is 0 Å². The van der Waals surface area contributed by atoms with Crippen LogP contribution in [0.15, 0.2) is 73.8 Å². The molecule has 3 aromatic heterocycles. The fourth-order valence-corrected chi connectivity index (χ4v) is 7.34. The second kappa shape index (κ2) is 11.6. The number of likely N-dealkylation sites (N-methyl/N-ethyl adjacent to an activating group) is 1. The first-order valence-electron chi connectivity index (χ1n) is 16.2. The van der Waals surface area contributed by atoms with Crippen LogP contribution in [0.2, 0.25) is 0 Å². The van der Waals surface area contributed by atoms with Crippen LogP contribution in [-0.4, -0.2) is 75.0 Å². The standard InChI is InChI=1S/C36H39N9O2/c1-5-34(46)39-28-14-29(33(47-4)15-31(28)44-19-22-12-13-42(2)32(22)21-44)40-36-37-17-26(23-16-38-43(3)18-23)35(41-36)27-20-45(24-10-11-24)30-9-7-6-8-25(27)30/h5-9,14-18,20,22,24,32H,1,10-13,19,21H2,2-4H3,(H,39,46)(H,37,40,41)/t22-,32+/m0/s1. The molecule has 240 valence electrons. The zero-order valence-corrected chi connectivity index (χ0v) is 27.0. The number of hydrogen-bond acceptors (Lipinski definition) is 8. The summed E-state index contributed by atoms with van der Waals surface area (Å²) in [5, 5.41) is 12.0. The molecule has 0 spiro atoms. The van der Waals surface area contributed by atoms with Gasteiger partial charge in [-0.2, -0.15) is 5.10 Å². The lowest BCUT2D eigenvalue weighted by Gasteiger charge is -2.26. The van der Waals surface area contributed by atoms with Gasteiger partial charge in [0.15, 0.2) is 0 Å². The van der Waals surface area contributed by atoms with Gasteiger partial charge in [-0.25, -0.2) is 9.97 Å². The summed E-state index contributed by atoms with van der Waals surface area (Å²) in [7, 11) is 5.76. The first-order valence-corrected chi connectivity index (χ1v) is 16.2. The van der Waals surface area contributed by atoms with Crippen LogP contribution >= 0.6 is 0 Å². The minimum absolute atomic E-state index is 0.273. The van der Waals surface area contributed by atoms with Gasteiger partial charge in [0.05, 0.1) is 36.1 Å². The predicted octanol–water partition coefficient (Wildman–Crippen LogP) is 5.85. The third-order valence-corrected chi connectivity index (χ3v) is 9.91. The number of amides is 1. The fourth-order valence-electron chi connectivity index (χ4n) is 7.34. The van der Waals surface area contributed by atoms with Crippen molar-refractivity contribution in [1.29, 1.82) is 0 Å². The van der Waals surface area contributed by atoms with Gasteiger partial charge in [0, 0.05) is 84.5 Å². The zero-order chi connectivity index (χ0) is 32.2. The van der Waals surface area contributed by atoms with Crippen LogP contribution in [0.4, 0.5) is 23.0 Å². The van der Waals surface area contributed by atoms with Gasteiger partial charge in [0.1, 0.15) is 5.75 Å². The first-order chi connectivity index (χ1) is 22.9. The highest BCUT2D eigenvalue weighted by Crippen LogP contribution is 2.44. The quantitative estimate of drug-likeness (QED) is 0.196. The molecule has 2 saturated heterocycles. The molecule has 0 unspecified atom stereocenters. The smallest absolute Gasteiger partial charge is 0.247 e. The maximum Gasteiger partial charge on any atom is 0.247 e. The average Bonchev–Trinajstić information content (AvgIpc) is 3.36. The van der Waals surface area contributed by atoms with Crippen LogP contribution in [0.1, 0.15) is 25.3 Å².